The first-order valence-electron chi connectivity index (χ1n) is 16.9. The number of rotatable bonds is 6. The Labute approximate surface area is 289 Å². The Hall–Kier alpha value is -5.43. The number of aromatic nitrogens is 4. The van der Waals surface area contributed by atoms with Gasteiger partial charge in [-0.3, -0.25) is 0 Å². The van der Waals surface area contributed by atoms with Crippen LogP contribution < -0.4 is 9.64 Å². The molecule has 49 heavy (non-hydrogen) atoms. The van der Waals surface area contributed by atoms with E-state index in [1.165, 1.54) is 44.5 Å². The van der Waals surface area contributed by atoms with E-state index in [1.807, 2.05) is 16.9 Å². The number of anilines is 1. The highest BCUT2D eigenvalue weighted by molar-refractivity contribution is 5.79. The fourth-order valence-electron chi connectivity index (χ4n) is 7.20. The number of aryl methyl sites for hydroxylation is 6. The molecule has 7 nitrogen and oxygen atoms in total. The van der Waals surface area contributed by atoms with Crippen molar-refractivity contribution >= 4 is 16.7 Å². The molecule has 7 rings (SSSR count). The predicted octanol–water partition coefficient (Wildman–Crippen LogP) is 10.1. The molecule has 0 aliphatic carbocycles. The molecule has 4 heterocycles. The van der Waals surface area contributed by atoms with Crippen molar-refractivity contribution in [2.75, 3.05) is 11.6 Å². The number of ether oxygens (including phenoxy) is 1. The van der Waals surface area contributed by atoms with Gasteiger partial charge in [0.15, 0.2) is 5.82 Å². The van der Waals surface area contributed by atoms with Gasteiger partial charge >= 0.3 is 0 Å². The van der Waals surface area contributed by atoms with Crippen LogP contribution in [0.15, 0.2) is 91.7 Å². The lowest BCUT2D eigenvalue weighted by molar-refractivity contribution is 0.223. The van der Waals surface area contributed by atoms with Gasteiger partial charge in [-0.15, -0.1) is 0 Å². The molecule has 0 fully saturated rings. The number of hydrogen-bond acceptors (Lipinski definition) is 6. The van der Waals surface area contributed by atoms with Crippen molar-refractivity contribution in [3.63, 3.8) is 0 Å². The topological polar surface area (TPSA) is 59.3 Å². The lowest BCUT2D eigenvalue weighted by Crippen LogP contribution is -2.39. The first-order valence-corrected chi connectivity index (χ1v) is 16.9. The monoisotopic (exact) mass is 648 g/mol. The number of pyridine rings is 2. The Bertz CT molecular complexity index is 2210. The van der Waals surface area contributed by atoms with Crippen LogP contribution in [0.5, 0.6) is 11.5 Å². The summed E-state index contributed by atoms with van der Waals surface area (Å²) in [6, 6.07) is 21.6. The molecule has 1 aliphatic rings. The van der Waals surface area contributed by atoms with Crippen LogP contribution in [0.4, 0.5) is 5.69 Å². The molecule has 0 N–H and O–H groups in total. The summed E-state index contributed by atoms with van der Waals surface area (Å²) in [4.78, 5) is 14.1. The molecule has 0 atom stereocenters. The summed E-state index contributed by atoms with van der Waals surface area (Å²) in [5.74, 6) is 2.10. The minimum Gasteiger partial charge on any atom is -0.456 e. The SMILES string of the molecule is Cc1cc(C)c(-c2cc(Oc3cnc4cnn(-c5cc(-c6c(C)cc(C)cc6C)ccn5)c4c3)cc(N3C=CN(C(C)(C)C)C3)c2)c(C)c1. The zero-order valence-corrected chi connectivity index (χ0v) is 30.0. The van der Waals surface area contributed by atoms with Gasteiger partial charge in [0.2, 0.25) is 0 Å². The molecule has 0 radical (unpaired) electrons. The van der Waals surface area contributed by atoms with Gasteiger partial charge in [-0.05, 0) is 131 Å². The van der Waals surface area contributed by atoms with Crippen molar-refractivity contribution in [3.8, 4) is 39.6 Å². The van der Waals surface area contributed by atoms with Crippen molar-refractivity contribution in [1.82, 2.24) is 24.6 Å². The third-order valence-corrected chi connectivity index (χ3v) is 9.34. The molecule has 0 amide bonds. The molecule has 0 spiro atoms. The highest BCUT2D eigenvalue weighted by Gasteiger charge is 2.25. The molecule has 248 valence electrons. The van der Waals surface area contributed by atoms with E-state index < -0.39 is 0 Å². The minimum atomic E-state index is 0.0164. The van der Waals surface area contributed by atoms with Gasteiger partial charge < -0.3 is 14.5 Å². The van der Waals surface area contributed by atoms with E-state index in [0.29, 0.717) is 5.75 Å². The highest BCUT2D eigenvalue weighted by atomic mass is 16.5. The Morgan fingerprint density at radius 3 is 1.94 bits per heavy atom. The lowest BCUT2D eigenvalue weighted by atomic mass is 9.93. The number of fused-ring (bicyclic) bond motifs is 1. The maximum Gasteiger partial charge on any atom is 0.154 e. The standard InChI is InChI=1S/C42H44N6O/c1-26-14-28(3)40(29(4)15-26)32-10-11-43-39(20-32)48-38-22-36(23-44-37(38)24-45-48)49-35-19-33(41-30(5)16-27(2)17-31(41)6)18-34(21-35)46-12-13-47(25-46)42(7,8)9/h10-24H,25H2,1-9H3. The zero-order chi connectivity index (χ0) is 34.6. The molecule has 1 aliphatic heterocycles. The van der Waals surface area contributed by atoms with E-state index in [0.717, 1.165) is 46.1 Å². The first kappa shape index (κ1) is 32.1. The van der Waals surface area contributed by atoms with Crippen LogP contribution in [-0.4, -0.2) is 36.9 Å². The summed E-state index contributed by atoms with van der Waals surface area (Å²) in [7, 11) is 0. The van der Waals surface area contributed by atoms with Crippen LogP contribution in [0.2, 0.25) is 0 Å². The van der Waals surface area contributed by atoms with E-state index in [4.69, 9.17) is 19.8 Å². The van der Waals surface area contributed by atoms with Crippen LogP contribution >= 0.6 is 0 Å². The molecule has 3 aromatic heterocycles. The van der Waals surface area contributed by atoms with Gasteiger partial charge in [0.25, 0.3) is 0 Å². The van der Waals surface area contributed by atoms with Gasteiger partial charge in [-0.1, -0.05) is 35.4 Å². The average Bonchev–Trinajstić information content (AvgIpc) is 3.69. The van der Waals surface area contributed by atoms with E-state index in [1.54, 1.807) is 12.4 Å². The molecule has 7 heteroatoms. The van der Waals surface area contributed by atoms with Gasteiger partial charge in [-0.2, -0.15) is 5.10 Å². The van der Waals surface area contributed by atoms with Gasteiger partial charge in [-0.25, -0.2) is 14.6 Å². The zero-order valence-electron chi connectivity index (χ0n) is 30.0. The van der Waals surface area contributed by atoms with Gasteiger partial charge in [0.05, 0.1) is 24.6 Å². The van der Waals surface area contributed by atoms with Crippen molar-refractivity contribution in [3.05, 3.63) is 125 Å². The molecular formula is C42H44N6O. The highest BCUT2D eigenvalue weighted by Crippen LogP contribution is 2.38. The van der Waals surface area contributed by atoms with E-state index in [-0.39, 0.29) is 5.54 Å². The summed E-state index contributed by atoms with van der Waals surface area (Å²) in [6.45, 7) is 20.4. The molecular weight excluding hydrogens is 605 g/mol. The Morgan fingerprint density at radius 2 is 1.31 bits per heavy atom. The van der Waals surface area contributed by atoms with Crippen LogP contribution in [-0.2, 0) is 0 Å². The largest absolute Gasteiger partial charge is 0.456 e. The maximum absolute atomic E-state index is 6.65. The smallest absolute Gasteiger partial charge is 0.154 e. The third-order valence-electron chi connectivity index (χ3n) is 9.34. The molecule has 0 saturated carbocycles. The second kappa shape index (κ2) is 12.2. The summed E-state index contributed by atoms with van der Waals surface area (Å²) < 4.78 is 8.50. The Morgan fingerprint density at radius 1 is 0.653 bits per heavy atom. The van der Waals surface area contributed by atoms with Crippen LogP contribution in [0.1, 0.15) is 54.2 Å². The summed E-state index contributed by atoms with van der Waals surface area (Å²) in [5.41, 5.74) is 14.8. The molecule has 0 bridgehead atoms. The first-order chi connectivity index (χ1) is 23.3. The van der Waals surface area contributed by atoms with Crippen LogP contribution in [0.3, 0.4) is 0 Å². The van der Waals surface area contributed by atoms with Crippen molar-refractivity contribution in [1.29, 1.82) is 0 Å². The fourth-order valence-corrected chi connectivity index (χ4v) is 7.20. The van der Waals surface area contributed by atoms with Crippen LogP contribution in [0.25, 0.3) is 39.1 Å². The van der Waals surface area contributed by atoms with Gasteiger partial charge in [0, 0.05) is 42.0 Å². The second-order valence-electron chi connectivity index (χ2n) is 14.4. The summed E-state index contributed by atoms with van der Waals surface area (Å²) >= 11 is 0. The quantitative estimate of drug-likeness (QED) is 0.179. The normalized spacial score (nSPS) is 13.2. The maximum atomic E-state index is 6.65. The van der Waals surface area contributed by atoms with Crippen LogP contribution in [0, 0.1) is 41.5 Å². The lowest BCUT2D eigenvalue weighted by Gasteiger charge is -2.33. The third kappa shape index (κ3) is 6.29. The molecule has 6 aromatic rings. The van der Waals surface area contributed by atoms with Crippen molar-refractivity contribution in [2.24, 2.45) is 0 Å². The van der Waals surface area contributed by atoms with E-state index in [2.05, 4.69) is 139 Å². The Kier molecular flexibility index (Phi) is 8.02. The Balaban J connectivity index is 1.27. The van der Waals surface area contributed by atoms with E-state index in [9.17, 15) is 0 Å². The number of hydrogen-bond donors (Lipinski definition) is 0. The van der Waals surface area contributed by atoms with Crippen molar-refractivity contribution < 1.29 is 4.74 Å². The summed E-state index contributed by atoms with van der Waals surface area (Å²) in [6.07, 6.45) is 9.70. The average molecular weight is 649 g/mol. The molecule has 0 saturated heterocycles. The number of nitrogens with zero attached hydrogens (tertiary/aromatic N) is 6. The molecule has 3 aromatic carbocycles. The van der Waals surface area contributed by atoms with Gasteiger partial charge in [0.1, 0.15) is 17.0 Å². The predicted molar refractivity (Wildman–Crippen MR) is 201 cm³/mol. The molecule has 0 unspecified atom stereocenters. The fraction of sp³-hybridized carbons (Fsp3) is 0.262. The second-order valence-corrected chi connectivity index (χ2v) is 14.4. The summed E-state index contributed by atoms with van der Waals surface area (Å²) in [5, 5.41) is 4.70. The van der Waals surface area contributed by atoms with Crippen molar-refractivity contribution in [2.45, 2.75) is 67.9 Å². The van der Waals surface area contributed by atoms with E-state index >= 15 is 0 Å². The minimum absolute atomic E-state index is 0.0164. The number of benzene rings is 3.